The van der Waals surface area contributed by atoms with E-state index >= 15 is 0 Å². The zero-order valence-electron chi connectivity index (χ0n) is 7.53. The average molecular weight is 324 g/mol. The van der Waals surface area contributed by atoms with Crippen LogP contribution >= 0.6 is 31.9 Å². The van der Waals surface area contributed by atoms with Crippen LogP contribution in [-0.2, 0) is 5.33 Å². The van der Waals surface area contributed by atoms with Gasteiger partial charge in [0.1, 0.15) is 6.10 Å². The van der Waals surface area contributed by atoms with Gasteiger partial charge >= 0.3 is 0 Å². The molecule has 0 heterocycles. The Bertz CT molecular complexity index is 291. The van der Waals surface area contributed by atoms with E-state index in [-0.39, 0.29) is 0 Å². The van der Waals surface area contributed by atoms with Crippen molar-refractivity contribution in [2.45, 2.75) is 17.5 Å². The first kappa shape index (κ1) is 12.2. The molecule has 0 amide bonds. The first-order valence-corrected chi connectivity index (χ1v) is 6.50. The summed E-state index contributed by atoms with van der Waals surface area (Å²) in [5.41, 5.74) is 1.83. The molecule has 78 valence electrons. The van der Waals surface area contributed by atoms with Crippen molar-refractivity contribution in [1.82, 2.24) is 0 Å². The third-order valence-corrected chi connectivity index (χ3v) is 3.28. The van der Waals surface area contributed by atoms with E-state index in [1.807, 2.05) is 24.3 Å². The van der Waals surface area contributed by atoms with Crippen molar-refractivity contribution in [1.29, 1.82) is 0 Å². The van der Waals surface area contributed by atoms with E-state index in [1.54, 1.807) is 0 Å². The Balaban J connectivity index is 2.83. The van der Waals surface area contributed by atoms with Crippen LogP contribution in [0.15, 0.2) is 24.3 Å². The van der Waals surface area contributed by atoms with Gasteiger partial charge in [0.25, 0.3) is 0 Å². The van der Waals surface area contributed by atoms with Crippen LogP contribution < -0.4 is 0 Å². The monoisotopic (exact) mass is 322 g/mol. The lowest BCUT2D eigenvalue weighted by molar-refractivity contribution is 0.0342. The van der Waals surface area contributed by atoms with E-state index in [4.69, 9.17) is 0 Å². The maximum atomic E-state index is 9.71. The number of alkyl halides is 2. The molecule has 0 aliphatic rings. The summed E-state index contributed by atoms with van der Waals surface area (Å²) in [5.74, 6) is 0. The van der Waals surface area contributed by atoms with Gasteiger partial charge in [-0.1, -0.05) is 56.1 Å². The second-order valence-corrected chi connectivity index (χ2v) is 4.25. The molecule has 2 nitrogen and oxygen atoms in total. The molecule has 4 heteroatoms. The van der Waals surface area contributed by atoms with Crippen molar-refractivity contribution in [3.63, 3.8) is 0 Å². The summed E-state index contributed by atoms with van der Waals surface area (Å²) in [7, 11) is 0. The molecular weight excluding hydrogens is 312 g/mol. The van der Waals surface area contributed by atoms with E-state index in [1.165, 1.54) is 0 Å². The van der Waals surface area contributed by atoms with Crippen LogP contribution in [0.2, 0.25) is 0 Å². The lowest BCUT2D eigenvalue weighted by atomic mass is 10.0. The lowest BCUT2D eigenvalue weighted by Gasteiger charge is -2.16. The predicted octanol–water partition coefficient (Wildman–Crippen LogP) is 2.37. The Morgan fingerprint density at radius 2 is 1.93 bits per heavy atom. The fraction of sp³-hybridized carbons (Fsp3) is 0.400. The summed E-state index contributed by atoms with van der Waals surface area (Å²) in [5, 5.41) is 20.3. The van der Waals surface area contributed by atoms with Gasteiger partial charge in [-0.2, -0.15) is 0 Å². The summed E-state index contributed by atoms with van der Waals surface area (Å²) in [6.45, 7) is 0. The van der Waals surface area contributed by atoms with Crippen molar-refractivity contribution < 1.29 is 10.2 Å². The number of hydrogen-bond donors (Lipinski definition) is 2. The highest BCUT2D eigenvalue weighted by Crippen LogP contribution is 2.20. The molecule has 1 rings (SSSR count). The van der Waals surface area contributed by atoms with Crippen LogP contribution in [0.3, 0.4) is 0 Å². The van der Waals surface area contributed by atoms with Crippen LogP contribution in [0, 0.1) is 0 Å². The van der Waals surface area contributed by atoms with Crippen LogP contribution in [0.25, 0.3) is 0 Å². The third kappa shape index (κ3) is 3.05. The minimum Gasteiger partial charge on any atom is -0.389 e. The van der Waals surface area contributed by atoms with E-state index in [9.17, 15) is 10.2 Å². The molecule has 1 aromatic rings. The molecule has 0 fully saturated rings. The van der Waals surface area contributed by atoms with Gasteiger partial charge in [-0.25, -0.2) is 0 Å². The van der Waals surface area contributed by atoms with Crippen LogP contribution in [0.1, 0.15) is 17.2 Å². The van der Waals surface area contributed by atoms with Crippen molar-refractivity contribution in [3.8, 4) is 0 Å². The zero-order chi connectivity index (χ0) is 10.6. The zero-order valence-corrected chi connectivity index (χ0v) is 10.7. The first-order chi connectivity index (χ1) is 6.69. The highest BCUT2D eigenvalue weighted by Gasteiger charge is 2.16. The summed E-state index contributed by atoms with van der Waals surface area (Å²) in [6, 6.07) is 7.52. The van der Waals surface area contributed by atoms with Gasteiger partial charge in [-0.05, 0) is 11.1 Å². The van der Waals surface area contributed by atoms with Gasteiger partial charge < -0.3 is 10.2 Å². The molecule has 0 bridgehead atoms. The number of halogens is 2. The summed E-state index contributed by atoms with van der Waals surface area (Å²) >= 11 is 6.47. The van der Waals surface area contributed by atoms with Crippen molar-refractivity contribution >= 4 is 31.9 Å². The van der Waals surface area contributed by atoms with Crippen molar-refractivity contribution in [3.05, 3.63) is 35.4 Å². The molecule has 0 aliphatic carbocycles. The molecule has 0 radical (unpaired) electrons. The summed E-state index contributed by atoms with van der Waals surface area (Å²) < 4.78 is 0. The maximum absolute atomic E-state index is 9.71. The van der Waals surface area contributed by atoms with E-state index in [0.29, 0.717) is 5.33 Å². The molecule has 1 aromatic carbocycles. The van der Waals surface area contributed by atoms with Crippen LogP contribution in [0.4, 0.5) is 0 Å². The molecular formula is C10H12Br2O2. The van der Waals surface area contributed by atoms with Crippen molar-refractivity contribution in [2.24, 2.45) is 0 Å². The Kier molecular flexibility index (Phi) is 5.09. The van der Waals surface area contributed by atoms with Gasteiger partial charge in [0, 0.05) is 10.7 Å². The topological polar surface area (TPSA) is 40.5 Å². The molecule has 0 aliphatic heterocycles. The Morgan fingerprint density at radius 3 is 2.50 bits per heavy atom. The SMILES string of the molecule is OC(CBr)C(O)c1cccc(CBr)c1. The Hall–Kier alpha value is 0.100. The minimum absolute atomic E-state index is 0.368. The molecule has 14 heavy (non-hydrogen) atoms. The molecule has 2 N–H and O–H groups in total. The third-order valence-electron chi connectivity index (χ3n) is 1.97. The van der Waals surface area contributed by atoms with E-state index in [0.717, 1.165) is 16.5 Å². The normalized spacial score (nSPS) is 15.1. The van der Waals surface area contributed by atoms with Crippen molar-refractivity contribution in [2.75, 3.05) is 5.33 Å². The van der Waals surface area contributed by atoms with Crippen LogP contribution in [-0.4, -0.2) is 21.6 Å². The molecule has 0 aromatic heterocycles. The Labute approximate surface area is 100 Å². The van der Waals surface area contributed by atoms with Gasteiger partial charge in [-0.15, -0.1) is 0 Å². The first-order valence-electron chi connectivity index (χ1n) is 4.26. The highest BCUT2D eigenvalue weighted by molar-refractivity contribution is 9.09. The van der Waals surface area contributed by atoms with Gasteiger partial charge in [0.2, 0.25) is 0 Å². The average Bonchev–Trinajstić information content (AvgIpc) is 2.27. The molecule has 0 spiro atoms. The highest BCUT2D eigenvalue weighted by atomic mass is 79.9. The number of benzene rings is 1. The molecule has 2 unspecified atom stereocenters. The predicted molar refractivity (Wildman–Crippen MR) is 63.8 cm³/mol. The van der Waals surface area contributed by atoms with Crippen LogP contribution in [0.5, 0.6) is 0 Å². The molecule has 0 saturated heterocycles. The van der Waals surface area contributed by atoms with Gasteiger partial charge in [-0.3, -0.25) is 0 Å². The lowest BCUT2D eigenvalue weighted by Crippen LogP contribution is -2.19. The second kappa shape index (κ2) is 5.85. The van der Waals surface area contributed by atoms with E-state index < -0.39 is 12.2 Å². The van der Waals surface area contributed by atoms with Gasteiger partial charge in [0.05, 0.1) is 6.10 Å². The molecule has 0 saturated carbocycles. The summed E-state index contributed by atoms with van der Waals surface area (Å²) in [6.07, 6.45) is -1.59. The Morgan fingerprint density at radius 1 is 1.21 bits per heavy atom. The quantitative estimate of drug-likeness (QED) is 0.835. The maximum Gasteiger partial charge on any atom is 0.106 e. The smallest absolute Gasteiger partial charge is 0.106 e. The minimum atomic E-state index is -0.826. The number of hydrogen-bond acceptors (Lipinski definition) is 2. The standard InChI is InChI=1S/C10H12Br2O2/c11-5-7-2-1-3-8(4-7)10(14)9(13)6-12/h1-4,9-10,13-14H,5-6H2. The van der Waals surface area contributed by atoms with Gasteiger partial charge in [0.15, 0.2) is 0 Å². The fourth-order valence-electron chi connectivity index (χ4n) is 1.17. The second-order valence-electron chi connectivity index (χ2n) is 3.05. The fourth-order valence-corrected chi connectivity index (χ4v) is 1.87. The summed E-state index contributed by atoms with van der Waals surface area (Å²) in [4.78, 5) is 0. The largest absolute Gasteiger partial charge is 0.389 e. The number of aliphatic hydroxyl groups excluding tert-OH is 2. The number of aliphatic hydroxyl groups is 2. The number of rotatable bonds is 4. The molecule has 2 atom stereocenters. The van der Waals surface area contributed by atoms with E-state index in [2.05, 4.69) is 31.9 Å².